The zero-order chi connectivity index (χ0) is 21.1. The molecule has 2 rings (SSSR count). The smallest absolute Gasteiger partial charge is 0.306 e. The van der Waals surface area contributed by atoms with E-state index >= 15 is 0 Å². The molecule has 0 bridgehead atoms. The van der Waals surface area contributed by atoms with E-state index in [1.807, 2.05) is 6.92 Å². The highest BCUT2D eigenvalue weighted by atomic mass is 19.1. The Morgan fingerprint density at radius 3 is 2.07 bits per heavy atom. The van der Waals surface area contributed by atoms with Crippen LogP contribution in [-0.4, -0.2) is 31.0 Å². The third kappa shape index (κ3) is 8.42. The molecule has 29 heavy (non-hydrogen) atoms. The van der Waals surface area contributed by atoms with Gasteiger partial charge in [0.05, 0.1) is 6.61 Å². The number of amides is 2. The molecule has 2 N–H and O–H groups in total. The van der Waals surface area contributed by atoms with Gasteiger partial charge in [-0.2, -0.15) is 0 Å². The van der Waals surface area contributed by atoms with Crippen LogP contribution in [0.3, 0.4) is 0 Å². The first kappa shape index (κ1) is 21.9. The van der Waals surface area contributed by atoms with Crippen molar-refractivity contribution in [3.05, 3.63) is 54.3 Å². The van der Waals surface area contributed by atoms with E-state index in [2.05, 4.69) is 10.6 Å². The third-order valence-corrected chi connectivity index (χ3v) is 3.73. The van der Waals surface area contributed by atoms with Crippen molar-refractivity contribution >= 4 is 29.2 Å². The Morgan fingerprint density at radius 2 is 1.45 bits per heavy atom. The highest BCUT2D eigenvalue weighted by Gasteiger charge is 2.10. The first-order chi connectivity index (χ1) is 14.0. The van der Waals surface area contributed by atoms with Crippen molar-refractivity contribution in [1.82, 2.24) is 0 Å². The number of hydrogen-bond donors (Lipinski definition) is 2. The van der Waals surface area contributed by atoms with Crippen molar-refractivity contribution in [2.45, 2.75) is 26.2 Å². The molecule has 0 fully saturated rings. The quantitative estimate of drug-likeness (QED) is 0.593. The zero-order valence-corrected chi connectivity index (χ0v) is 16.1. The van der Waals surface area contributed by atoms with Crippen molar-refractivity contribution in [2.75, 3.05) is 23.8 Å². The molecule has 0 heterocycles. The second-order valence-electron chi connectivity index (χ2n) is 6.07. The van der Waals surface area contributed by atoms with Crippen LogP contribution in [-0.2, 0) is 19.1 Å². The van der Waals surface area contributed by atoms with Crippen molar-refractivity contribution in [1.29, 1.82) is 0 Å². The minimum atomic E-state index is -0.576. The molecular weight excluding hydrogens is 379 g/mol. The number of nitrogens with one attached hydrogen (secondary N) is 2. The molecule has 0 atom stereocenters. The molecule has 0 unspecified atom stereocenters. The lowest BCUT2D eigenvalue weighted by Crippen LogP contribution is -2.21. The summed E-state index contributed by atoms with van der Waals surface area (Å²) < 4.78 is 23.0. The number of carbonyl (C=O) groups excluding carboxylic acids is 3. The molecular formula is C21H23FN2O5. The molecule has 2 amide bonds. The van der Waals surface area contributed by atoms with Crippen LogP contribution in [0.2, 0.25) is 0 Å². The fraction of sp³-hybridized carbons (Fsp3) is 0.286. The van der Waals surface area contributed by atoms with E-state index in [0.717, 1.165) is 5.75 Å². The van der Waals surface area contributed by atoms with Crippen molar-refractivity contribution in [2.24, 2.45) is 0 Å². The van der Waals surface area contributed by atoms with Gasteiger partial charge >= 0.3 is 5.97 Å². The van der Waals surface area contributed by atoms with Gasteiger partial charge in [0, 0.05) is 24.2 Å². The number of anilines is 2. The lowest BCUT2D eigenvalue weighted by molar-refractivity contribution is -0.147. The van der Waals surface area contributed by atoms with Gasteiger partial charge in [-0.15, -0.1) is 0 Å². The predicted octanol–water partition coefficient (Wildman–Crippen LogP) is 3.52. The molecule has 2 aromatic rings. The summed E-state index contributed by atoms with van der Waals surface area (Å²) in [6, 6.07) is 12.2. The Labute approximate surface area is 168 Å². The number of hydrogen-bond acceptors (Lipinski definition) is 5. The fourth-order valence-corrected chi connectivity index (χ4v) is 2.37. The second-order valence-corrected chi connectivity index (χ2v) is 6.07. The topological polar surface area (TPSA) is 93.7 Å². The van der Waals surface area contributed by atoms with Crippen LogP contribution in [0.25, 0.3) is 0 Å². The maximum absolute atomic E-state index is 12.8. The molecule has 7 nitrogen and oxygen atoms in total. The van der Waals surface area contributed by atoms with E-state index in [1.54, 1.807) is 24.3 Å². The average molecular weight is 402 g/mol. The van der Waals surface area contributed by atoms with Gasteiger partial charge in [-0.25, -0.2) is 4.39 Å². The van der Waals surface area contributed by atoms with Crippen LogP contribution in [0.5, 0.6) is 5.75 Å². The molecule has 0 aromatic heterocycles. The summed E-state index contributed by atoms with van der Waals surface area (Å²) in [4.78, 5) is 35.3. The number of ether oxygens (including phenoxy) is 2. The van der Waals surface area contributed by atoms with Gasteiger partial charge in [0.2, 0.25) is 5.91 Å². The summed E-state index contributed by atoms with van der Waals surface area (Å²) in [5.74, 6) is -1.03. The Hall–Kier alpha value is -3.42. The summed E-state index contributed by atoms with van der Waals surface area (Å²) in [5.41, 5.74) is 1.04. The second kappa shape index (κ2) is 11.4. The maximum atomic E-state index is 12.8. The summed E-state index contributed by atoms with van der Waals surface area (Å²) in [7, 11) is 0. The summed E-state index contributed by atoms with van der Waals surface area (Å²) >= 11 is 0. The van der Waals surface area contributed by atoms with Gasteiger partial charge in [0.1, 0.15) is 11.6 Å². The van der Waals surface area contributed by atoms with Crippen LogP contribution < -0.4 is 15.4 Å². The monoisotopic (exact) mass is 402 g/mol. The summed E-state index contributed by atoms with van der Waals surface area (Å²) in [6.45, 7) is 2.00. The van der Waals surface area contributed by atoms with Crippen molar-refractivity contribution in [3.8, 4) is 5.75 Å². The molecule has 2 aromatic carbocycles. The molecule has 0 saturated carbocycles. The molecule has 0 radical (unpaired) electrons. The van der Waals surface area contributed by atoms with Gasteiger partial charge in [-0.3, -0.25) is 14.4 Å². The van der Waals surface area contributed by atoms with E-state index in [4.69, 9.17) is 9.47 Å². The normalized spacial score (nSPS) is 10.1. The molecule has 0 aliphatic carbocycles. The largest absolute Gasteiger partial charge is 0.494 e. The Morgan fingerprint density at radius 1 is 0.862 bits per heavy atom. The van der Waals surface area contributed by atoms with E-state index < -0.39 is 24.3 Å². The number of halogens is 1. The number of rotatable bonds is 10. The van der Waals surface area contributed by atoms with Crippen LogP contribution in [0.15, 0.2) is 48.5 Å². The first-order valence-corrected chi connectivity index (χ1v) is 9.20. The third-order valence-electron chi connectivity index (χ3n) is 3.73. The Kier molecular flexibility index (Phi) is 8.62. The minimum absolute atomic E-state index is 0.0144. The van der Waals surface area contributed by atoms with Gasteiger partial charge in [-0.05, 0) is 61.9 Å². The van der Waals surface area contributed by atoms with E-state index in [1.165, 1.54) is 24.3 Å². The maximum Gasteiger partial charge on any atom is 0.306 e. The van der Waals surface area contributed by atoms with Crippen LogP contribution >= 0.6 is 0 Å². The molecule has 0 aliphatic rings. The fourth-order valence-electron chi connectivity index (χ4n) is 2.37. The average Bonchev–Trinajstić information content (AvgIpc) is 2.70. The minimum Gasteiger partial charge on any atom is -0.494 e. The van der Waals surface area contributed by atoms with Crippen LogP contribution in [0.4, 0.5) is 15.8 Å². The molecule has 154 valence electrons. The number of carbonyl (C=O) groups is 3. The zero-order valence-electron chi connectivity index (χ0n) is 16.1. The predicted molar refractivity (Wildman–Crippen MR) is 106 cm³/mol. The molecule has 8 heteroatoms. The van der Waals surface area contributed by atoms with Crippen molar-refractivity contribution in [3.63, 3.8) is 0 Å². The molecule has 0 spiro atoms. The Balaban J connectivity index is 1.61. The highest BCUT2D eigenvalue weighted by molar-refractivity contribution is 5.93. The lowest BCUT2D eigenvalue weighted by Gasteiger charge is -2.08. The Bertz CT molecular complexity index is 822. The SMILES string of the molecule is CCOc1ccc(NC(=O)CCCC(=O)OCC(=O)Nc2ccc(F)cc2)cc1. The van der Waals surface area contributed by atoms with E-state index in [0.29, 0.717) is 24.4 Å². The summed E-state index contributed by atoms with van der Waals surface area (Å²) in [5, 5.41) is 5.21. The highest BCUT2D eigenvalue weighted by Crippen LogP contribution is 2.16. The first-order valence-electron chi connectivity index (χ1n) is 9.20. The van der Waals surface area contributed by atoms with Crippen LogP contribution in [0.1, 0.15) is 26.2 Å². The molecule has 0 saturated heterocycles. The number of benzene rings is 2. The number of esters is 1. The van der Waals surface area contributed by atoms with Gasteiger partial charge in [0.25, 0.3) is 5.91 Å². The van der Waals surface area contributed by atoms with Gasteiger partial charge < -0.3 is 20.1 Å². The van der Waals surface area contributed by atoms with E-state index in [-0.39, 0.29) is 18.7 Å². The summed E-state index contributed by atoms with van der Waals surface area (Å²) in [6.07, 6.45) is 0.450. The van der Waals surface area contributed by atoms with E-state index in [9.17, 15) is 18.8 Å². The van der Waals surface area contributed by atoms with Crippen LogP contribution in [0, 0.1) is 5.82 Å². The molecule has 0 aliphatic heterocycles. The standard InChI is InChI=1S/C21H23FN2O5/c1-2-28-18-12-10-17(11-13-18)23-19(25)4-3-5-21(27)29-14-20(26)24-16-8-6-15(22)7-9-16/h6-13H,2-5,14H2,1H3,(H,23,25)(H,24,26). The van der Waals surface area contributed by atoms with Crippen molar-refractivity contribution < 1.29 is 28.2 Å². The lowest BCUT2D eigenvalue weighted by atomic mass is 10.2. The van der Waals surface area contributed by atoms with Gasteiger partial charge in [0.15, 0.2) is 6.61 Å². The van der Waals surface area contributed by atoms with Gasteiger partial charge in [-0.1, -0.05) is 0 Å².